The summed E-state index contributed by atoms with van der Waals surface area (Å²) in [5, 5.41) is 15.4. The smallest absolute Gasteiger partial charge is 0.276 e. The van der Waals surface area contributed by atoms with E-state index in [-0.39, 0.29) is 23.2 Å². The number of aromatic nitrogens is 2. The molecular formula is C18H22N4O4S. The average Bonchev–Trinajstić information content (AvgIpc) is 3.12. The van der Waals surface area contributed by atoms with Gasteiger partial charge in [0.25, 0.3) is 5.69 Å². The van der Waals surface area contributed by atoms with Gasteiger partial charge in [-0.3, -0.25) is 19.7 Å². The summed E-state index contributed by atoms with van der Waals surface area (Å²) in [4.78, 5) is 12.8. The van der Waals surface area contributed by atoms with E-state index in [9.17, 15) is 18.5 Å². The second kappa shape index (κ2) is 8.01. The fourth-order valence-corrected chi connectivity index (χ4v) is 4.77. The third kappa shape index (κ3) is 4.61. The Morgan fingerprint density at radius 2 is 2.15 bits per heavy atom. The van der Waals surface area contributed by atoms with Crippen molar-refractivity contribution in [1.29, 1.82) is 0 Å². The summed E-state index contributed by atoms with van der Waals surface area (Å²) in [5.41, 5.74) is 1.46. The Morgan fingerprint density at radius 3 is 2.85 bits per heavy atom. The number of para-hydroxylation sites is 1. The lowest BCUT2D eigenvalue weighted by molar-refractivity contribution is -0.385. The maximum absolute atomic E-state index is 12.1. The standard InChI is InChI=1S/C18H22N4O4S/c1-2-21-13-16(12-19-21)18-14-27(25,26)11-10-20(18)9-5-7-15-6-3-4-8-17(15)22(23)24/h3-8,12-13,18H,2,9-11,14H2,1H3/b7-5+. The molecule has 1 aromatic heterocycles. The summed E-state index contributed by atoms with van der Waals surface area (Å²) < 4.78 is 26.0. The molecule has 144 valence electrons. The Labute approximate surface area is 158 Å². The van der Waals surface area contributed by atoms with Crippen molar-refractivity contribution in [2.75, 3.05) is 24.6 Å². The van der Waals surface area contributed by atoms with Crippen LogP contribution < -0.4 is 0 Å². The minimum atomic E-state index is -3.10. The van der Waals surface area contributed by atoms with Gasteiger partial charge in [-0.25, -0.2) is 8.42 Å². The Morgan fingerprint density at radius 1 is 1.37 bits per heavy atom. The third-order valence-corrected chi connectivity index (χ3v) is 6.30. The van der Waals surface area contributed by atoms with Gasteiger partial charge in [-0.15, -0.1) is 0 Å². The molecule has 1 aliphatic rings. The van der Waals surface area contributed by atoms with Crippen LogP contribution in [0.2, 0.25) is 0 Å². The van der Waals surface area contributed by atoms with Crippen molar-refractivity contribution >= 4 is 21.6 Å². The molecule has 8 nitrogen and oxygen atoms in total. The van der Waals surface area contributed by atoms with E-state index in [4.69, 9.17) is 0 Å². The fourth-order valence-electron chi connectivity index (χ4n) is 3.20. The Balaban J connectivity index is 1.79. The van der Waals surface area contributed by atoms with Crippen LogP contribution in [0.25, 0.3) is 6.08 Å². The molecule has 1 atom stereocenters. The number of hydrogen-bond acceptors (Lipinski definition) is 6. The third-order valence-electron chi connectivity index (χ3n) is 4.67. The van der Waals surface area contributed by atoms with Gasteiger partial charge in [0, 0.05) is 37.5 Å². The average molecular weight is 390 g/mol. The maximum Gasteiger partial charge on any atom is 0.276 e. The second-order valence-corrected chi connectivity index (χ2v) is 8.70. The predicted octanol–water partition coefficient (Wildman–Crippen LogP) is 2.30. The Hall–Kier alpha value is -2.52. The Kier molecular flexibility index (Phi) is 5.71. The summed E-state index contributed by atoms with van der Waals surface area (Å²) in [6.45, 7) is 3.62. The zero-order chi connectivity index (χ0) is 19.4. The molecule has 3 rings (SSSR count). The number of hydrogen-bond donors (Lipinski definition) is 0. The summed E-state index contributed by atoms with van der Waals surface area (Å²) >= 11 is 0. The van der Waals surface area contributed by atoms with Crippen molar-refractivity contribution < 1.29 is 13.3 Å². The number of rotatable bonds is 6. The highest BCUT2D eigenvalue weighted by Crippen LogP contribution is 2.27. The second-order valence-electron chi connectivity index (χ2n) is 6.47. The van der Waals surface area contributed by atoms with Gasteiger partial charge in [-0.05, 0) is 13.0 Å². The highest BCUT2D eigenvalue weighted by atomic mass is 32.2. The molecule has 0 saturated carbocycles. The zero-order valence-electron chi connectivity index (χ0n) is 15.1. The van der Waals surface area contributed by atoms with E-state index in [0.717, 1.165) is 12.1 Å². The summed E-state index contributed by atoms with van der Waals surface area (Å²) in [7, 11) is -3.10. The highest BCUT2D eigenvalue weighted by molar-refractivity contribution is 7.91. The van der Waals surface area contributed by atoms with Gasteiger partial charge >= 0.3 is 0 Å². The van der Waals surface area contributed by atoms with E-state index in [0.29, 0.717) is 18.7 Å². The molecule has 27 heavy (non-hydrogen) atoms. The number of benzene rings is 1. The number of nitrogens with zero attached hydrogens (tertiary/aromatic N) is 4. The molecule has 0 N–H and O–H groups in total. The number of nitro groups is 1. The van der Waals surface area contributed by atoms with Crippen molar-refractivity contribution in [1.82, 2.24) is 14.7 Å². The highest BCUT2D eigenvalue weighted by Gasteiger charge is 2.32. The quantitative estimate of drug-likeness (QED) is 0.554. The molecule has 0 aliphatic carbocycles. The van der Waals surface area contributed by atoms with Crippen LogP contribution in [0.5, 0.6) is 0 Å². The van der Waals surface area contributed by atoms with Crippen molar-refractivity contribution in [3.63, 3.8) is 0 Å². The van der Waals surface area contributed by atoms with Gasteiger partial charge in [0.15, 0.2) is 9.84 Å². The molecule has 1 aromatic carbocycles. The van der Waals surface area contributed by atoms with Crippen LogP contribution in [0.15, 0.2) is 42.7 Å². The predicted molar refractivity (Wildman–Crippen MR) is 103 cm³/mol. The molecule has 1 saturated heterocycles. The largest absolute Gasteiger partial charge is 0.291 e. The molecule has 0 amide bonds. The number of aryl methyl sites for hydroxylation is 1. The van der Waals surface area contributed by atoms with Gasteiger partial charge < -0.3 is 0 Å². The summed E-state index contributed by atoms with van der Waals surface area (Å²) in [6, 6.07) is 6.28. The molecule has 0 spiro atoms. The normalized spacial score (nSPS) is 20.1. The van der Waals surface area contributed by atoms with Gasteiger partial charge in [-0.2, -0.15) is 5.10 Å². The lowest BCUT2D eigenvalue weighted by atomic mass is 10.1. The van der Waals surface area contributed by atoms with Gasteiger partial charge in [0.1, 0.15) is 0 Å². The van der Waals surface area contributed by atoms with Crippen LogP contribution in [-0.2, 0) is 16.4 Å². The van der Waals surface area contributed by atoms with Crippen LogP contribution in [0.4, 0.5) is 5.69 Å². The molecule has 9 heteroatoms. The fraction of sp³-hybridized carbons (Fsp3) is 0.389. The van der Waals surface area contributed by atoms with Crippen LogP contribution >= 0.6 is 0 Å². The lowest BCUT2D eigenvalue weighted by Crippen LogP contribution is -2.42. The van der Waals surface area contributed by atoms with E-state index in [2.05, 4.69) is 10.00 Å². The van der Waals surface area contributed by atoms with Crippen LogP contribution in [-0.4, -0.2) is 52.6 Å². The van der Waals surface area contributed by atoms with E-state index >= 15 is 0 Å². The first-order chi connectivity index (χ1) is 12.9. The summed E-state index contributed by atoms with van der Waals surface area (Å²) in [6.07, 6.45) is 7.16. The van der Waals surface area contributed by atoms with Crippen LogP contribution in [0, 0.1) is 10.1 Å². The lowest BCUT2D eigenvalue weighted by Gasteiger charge is -2.34. The topological polar surface area (TPSA) is 98.3 Å². The first-order valence-electron chi connectivity index (χ1n) is 8.76. The first kappa shape index (κ1) is 19.2. The molecule has 1 unspecified atom stereocenters. The number of nitro benzene ring substituents is 1. The van der Waals surface area contributed by atoms with E-state index < -0.39 is 14.8 Å². The van der Waals surface area contributed by atoms with Crippen LogP contribution in [0.1, 0.15) is 24.1 Å². The maximum atomic E-state index is 12.1. The minimum Gasteiger partial charge on any atom is -0.291 e. The minimum absolute atomic E-state index is 0.0516. The van der Waals surface area contributed by atoms with E-state index in [1.54, 1.807) is 35.2 Å². The van der Waals surface area contributed by atoms with Crippen molar-refractivity contribution in [2.24, 2.45) is 0 Å². The zero-order valence-corrected chi connectivity index (χ0v) is 15.9. The molecule has 0 bridgehead atoms. The number of sulfone groups is 1. The van der Waals surface area contributed by atoms with Crippen molar-refractivity contribution in [3.8, 4) is 0 Å². The van der Waals surface area contributed by atoms with Gasteiger partial charge in [0.2, 0.25) is 0 Å². The van der Waals surface area contributed by atoms with E-state index in [1.165, 1.54) is 6.07 Å². The molecule has 1 fully saturated rings. The van der Waals surface area contributed by atoms with Gasteiger partial charge in [0.05, 0.1) is 34.2 Å². The van der Waals surface area contributed by atoms with Crippen molar-refractivity contribution in [3.05, 3.63) is 64.0 Å². The van der Waals surface area contributed by atoms with Gasteiger partial charge in [-0.1, -0.05) is 24.3 Å². The molecule has 2 aromatic rings. The SMILES string of the molecule is CCn1cc(C2CS(=O)(=O)CCN2C/C=C/c2ccccc2[N+](=O)[O-])cn1. The molecule has 0 radical (unpaired) electrons. The van der Waals surface area contributed by atoms with Crippen LogP contribution in [0.3, 0.4) is 0 Å². The summed E-state index contributed by atoms with van der Waals surface area (Å²) in [5.74, 6) is 0.173. The van der Waals surface area contributed by atoms with Crippen molar-refractivity contribution in [2.45, 2.75) is 19.5 Å². The Bertz CT molecular complexity index is 952. The monoisotopic (exact) mass is 390 g/mol. The first-order valence-corrected chi connectivity index (χ1v) is 10.6. The molecular weight excluding hydrogens is 368 g/mol. The van der Waals surface area contributed by atoms with E-state index in [1.807, 2.05) is 19.2 Å². The molecule has 2 heterocycles. The molecule has 1 aliphatic heterocycles.